The zero-order valence-corrected chi connectivity index (χ0v) is 18.1. The van der Waals surface area contributed by atoms with Crippen LogP contribution in [0.4, 0.5) is 5.95 Å². The van der Waals surface area contributed by atoms with E-state index in [2.05, 4.69) is 9.97 Å². The lowest BCUT2D eigenvalue weighted by Crippen LogP contribution is -2.46. The van der Waals surface area contributed by atoms with Crippen LogP contribution in [-0.2, 0) is 24.4 Å². The van der Waals surface area contributed by atoms with Crippen LogP contribution in [0.5, 0.6) is 11.5 Å². The lowest BCUT2D eigenvalue weighted by Gasteiger charge is -2.35. The molecule has 1 aliphatic heterocycles. The minimum absolute atomic E-state index is 0.252. The Balaban J connectivity index is 1.52. The first-order valence-electron chi connectivity index (χ1n) is 10.7. The van der Waals surface area contributed by atoms with Gasteiger partial charge in [-0.1, -0.05) is 54.6 Å². The fraction of sp³-hybridized carbons (Fsp3) is 0.192. The van der Waals surface area contributed by atoms with Gasteiger partial charge in [-0.3, -0.25) is 0 Å². The molecule has 166 valence electrons. The van der Waals surface area contributed by atoms with Crippen molar-refractivity contribution in [3.8, 4) is 11.5 Å². The van der Waals surface area contributed by atoms with Crippen molar-refractivity contribution in [1.82, 2.24) is 9.97 Å². The van der Waals surface area contributed by atoms with E-state index in [9.17, 15) is 9.90 Å². The van der Waals surface area contributed by atoms with Crippen LogP contribution in [0.25, 0.3) is 10.9 Å². The van der Waals surface area contributed by atoms with E-state index < -0.39 is 12.0 Å². The number of hydrogen-bond donors (Lipinski definition) is 1. The van der Waals surface area contributed by atoms with E-state index in [1.807, 2.05) is 66.7 Å². The highest BCUT2D eigenvalue weighted by Crippen LogP contribution is 2.39. The molecule has 1 aliphatic rings. The molecule has 1 N–H and O–H groups in total. The summed E-state index contributed by atoms with van der Waals surface area (Å²) in [5.74, 6) is 0.636. The van der Waals surface area contributed by atoms with Gasteiger partial charge in [0, 0.05) is 30.1 Å². The first-order valence-corrected chi connectivity index (χ1v) is 10.7. The summed E-state index contributed by atoms with van der Waals surface area (Å²) < 4.78 is 11.7. The number of carboxylic acid groups (broad SMARTS) is 1. The van der Waals surface area contributed by atoms with Gasteiger partial charge in [0.25, 0.3) is 0 Å². The normalized spacial score (nSPS) is 15.2. The van der Waals surface area contributed by atoms with Crippen LogP contribution in [0.15, 0.2) is 72.9 Å². The Labute approximate surface area is 191 Å². The second-order valence-corrected chi connectivity index (χ2v) is 7.92. The summed E-state index contributed by atoms with van der Waals surface area (Å²) in [6.07, 6.45) is 1.98. The highest BCUT2D eigenvalue weighted by Gasteiger charge is 2.35. The number of para-hydroxylation sites is 1. The van der Waals surface area contributed by atoms with Gasteiger partial charge in [-0.2, -0.15) is 0 Å². The zero-order chi connectivity index (χ0) is 22.8. The van der Waals surface area contributed by atoms with Gasteiger partial charge in [0.1, 0.15) is 12.6 Å². The largest absolute Gasteiger partial charge is 0.493 e. The first-order chi connectivity index (χ1) is 16.1. The molecule has 2 heterocycles. The minimum atomic E-state index is -0.936. The number of nitrogens with zero attached hydrogens (tertiary/aromatic N) is 3. The first kappa shape index (κ1) is 20.8. The number of carboxylic acids is 1. The van der Waals surface area contributed by atoms with Crippen LogP contribution in [0, 0.1) is 0 Å². The number of fused-ring (bicyclic) bond motifs is 2. The van der Waals surface area contributed by atoms with Gasteiger partial charge in [0.05, 0.1) is 12.6 Å². The number of rotatable bonds is 6. The van der Waals surface area contributed by atoms with Gasteiger partial charge in [0.15, 0.2) is 11.5 Å². The lowest BCUT2D eigenvalue weighted by molar-refractivity contribution is -0.138. The molecule has 7 heteroatoms. The average molecular weight is 441 g/mol. The Hall–Kier alpha value is -4.13. The number of hydrogen-bond acceptors (Lipinski definition) is 6. The number of anilines is 1. The highest BCUT2D eigenvalue weighted by atomic mass is 16.5. The summed E-state index contributed by atoms with van der Waals surface area (Å²) in [4.78, 5) is 23.1. The van der Waals surface area contributed by atoms with Crippen molar-refractivity contribution >= 4 is 22.8 Å². The molecule has 4 aromatic rings. The molecule has 0 amide bonds. The number of methoxy groups -OCH3 is 1. The summed E-state index contributed by atoms with van der Waals surface area (Å²) in [6.45, 7) is 0.721. The second-order valence-electron chi connectivity index (χ2n) is 7.92. The third kappa shape index (κ3) is 4.05. The Morgan fingerprint density at radius 1 is 1.09 bits per heavy atom. The van der Waals surface area contributed by atoms with E-state index in [-0.39, 0.29) is 6.42 Å². The number of ether oxygens (including phenoxy) is 2. The maximum absolute atomic E-state index is 12.3. The van der Waals surface area contributed by atoms with Gasteiger partial charge < -0.3 is 19.5 Å². The monoisotopic (exact) mass is 441 g/mol. The van der Waals surface area contributed by atoms with Crippen LogP contribution in [0.3, 0.4) is 0 Å². The van der Waals surface area contributed by atoms with Crippen LogP contribution in [0.2, 0.25) is 0 Å². The fourth-order valence-corrected chi connectivity index (χ4v) is 4.20. The third-order valence-corrected chi connectivity index (χ3v) is 5.90. The van der Waals surface area contributed by atoms with Crippen LogP contribution < -0.4 is 14.4 Å². The standard InChI is InChI=1S/C26H23N3O4/c1-32-23-12-11-19-15-29(26-27-14-18-9-5-6-10-21(18)28-26)22(25(30)31)13-20(19)24(23)33-16-17-7-3-2-4-8-17/h2-12,14,22H,13,15-16H2,1H3,(H,30,31). The van der Waals surface area contributed by atoms with Gasteiger partial charge in [-0.05, 0) is 23.3 Å². The molecular weight excluding hydrogens is 418 g/mol. The molecular formula is C26H23N3O4. The smallest absolute Gasteiger partial charge is 0.326 e. The van der Waals surface area contributed by atoms with E-state index in [1.165, 1.54) is 0 Å². The van der Waals surface area contributed by atoms with Crippen molar-refractivity contribution < 1.29 is 19.4 Å². The molecule has 0 radical (unpaired) electrons. The molecule has 1 unspecified atom stereocenters. The molecule has 0 saturated carbocycles. The predicted octanol–water partition coefficient (Wildman–Crippen LogP) is 4.23. The molecule has 1 aromatic heterocycles. The molecule has 0 bridgehead atoms. The van der Waals surface area contributed by atoms with Gasteiger partial charge in [0.2, 0.25) is 5.95 Å². The van der Waals surface area contributed by atoms with Crippen molar-refractivity contribution in [3.05, 3.63) is 89.6 Å². The predicted molar refractivity (Wildman–Crippen MR) is 125 cm³/mol. The van der Waals surface area contributed by atoms with Crippen LogP contribution in [-0.4, -0.2) is 34.2 Å². The number of benzene rings is 3. The molecule has 5 rings (SSSR count). The van der Waals surface area contributed by atoms with Gasteiger partial charge >= 0.3 is 5.97 Å². The van der Waals surface area contributed by atoms with E-state index in [0.29, 0.717) is 30.6 Å². The Morgan fingerprint density at radius 3 is 2.67 bits per heavy atom. The Bertz CT molecular complexity index is 1310. The summed E-state index contributed by atoms with van der Waals surface area (Å²) in [7, 11) is 1.59. The zero-order valence-electron chi connectivity index (χ0n) is 18.1. The molecule has 33 heavy (non-hydrogen) atoms. The summed E-state index contributed by atoms with van der Waals surface area (Å²) >= 11 is 0. The van der Waals surface area contributed by atoms with Crippen molar-refractivity contribution in [2.45, 2.75) is 25.6 Å². The van der Waals surface area contributed by atoms with Crippen molar-refractivity contribution in [1.29, 1.82) is 0 Å². The van der Waals surface area contributed by atoms with E-state index >= 15 is 0 Å². The Morgan fingerprint density at radius 2 is 1.88 bits per heavy atom. The third-order valence-electron chi connectivity index (χ3n) is 5.90. The minimum Gasteiger partial charge on any atom is -0.493 e. The number of aliphatic carboxylic acids is 1. The van der Waals surface area contributed by atoms with Crippen molar-refractivity contribution in [2.75, 3.05) is 12.0 Å². The molecule has 0 saturated heterocycles. The second kappa shape index (κ2) is 8.78. The van der Waals surface area contributed by atoms with Crippen molar-refractivity contribution in [2.24, 2.45) is 0 Å². The number of carbonyl (C=O) groups is 1. The Kier molecular flexibility index (Phi) is 5.52. The van der Waals surface area contributed by atoms with E-state index in [0.717, 1.165) is 27.6 Å². The fourth-order valence-electron chi connectivity index (χ4n) is 4.20. The maximum atomic E-state index is 12.3. The molecule has 7 nitrogen and oxygen atoms in total. The van der Waals surface area contributed by atoms with E-state index in [1.54, 1.807) is 18.2 Å². The van der Waals surface area contributed by atoms with Crippen LogP contribution >= 0.6 is 0 Å². The molecule has 0 fully saturated rings. The quantitative estimate of drug-likeness (QED) is 0.479. The molecule has 0 spiro atoms. The van der Waals surface area contributed by atoms with E-state index in [4.69, 9.17) is 9.47 Å². The SMILES string of the molecule is COc1ccc2c(c1OCc1ccccc1)CC(C(=O)O)N(c1ncc3ccccc3n1)C2. The van der Waals surface area contributed by atoms with Crippen LogP contribution in [0.1, 0.15) is 16.7 Å². The lowest BCUT2D eigenvalue weighted by atomic mass is 9.92. The molecule has 0 aliphatic carbocycles. The van der Waals surface area contributed by atoms with Gasteiger partial charge in [-0.25, -0.2) is 14.8 Å². The molecule has 3 aromatic carbocycles. The maximum Gasteiger partial charge on any atom is 0.326 e. The van der Waals surface area contributed by atoms with Gasteiger partial charge in [-0.15, -0.1) is 0 Å². The topological polar surface area (TPSA) is 84.8 Å². The van der Waals surface area contributed by atoms with Crippen molar-refractivity contribution in [3.63, 3.8) is 0 Å². The summed E-state index contributed by atoms with van der Waals surface area (Å²) in [5.41, 5.74) is 3.61. The summed E-state index contributed by atoms with van der Waals surface area (Å²) in [5, 5.41) is 11.0. The summed E-state index contributed by atoms with van der Waals surface area (Å²) in [6, 6.07) is 20.5. The molecule has 1 atom stereocenters. The number of aromatic nitrogens is 2. The highest BCUT2D eigenvalue weighted by molar-refractivity contribution is 5.81. The average Bonchev–Trinajstić information content (AvgIpc) is 2.86.